The number of aliphatic carboxylic acids is 1. The van der Waals surface area contributed by atoms with Crippen LogP contribution in [0, 0.1) is 11.8 Å². The number of urea groups is 1. The lowest BCUT2D eigenvalue weighted by molar-refractivity contribution is -0.142. The van der Waals surface area contributed by atoms with Crippen molar-refractivity contribution < 1.29 is 19.4 Å². The van der Waals surface area contributed by atoms with Gasteiger partial charge in [0.25, 0.3) is 0 Å². The van der Waals surface area contributed by atoms with Crippen LogP contribution in [0.2, 0.25) is 0 Å². The van der Waals surface area contributed by atoms with E-state index in [4.69, 9.17) is 9.84 Å². The van der Waals surface area contributed by atoms with Crippen LogP contribution in [0.4, 0.5) is 4.79 Å². The number of nitrogens with one attached hydrogen (secondary N) is 1. The zero-order valence-electron chi connectivity index (χ0n) is 11.5. The molecule has 6 heteroatoms. The highest BCUT2D eigenvalue weighted by Gasteiger charge is 2.36. The minimum Gasteiger partial charge on any atom is -0.481 e. The molecular weight excluding hydrogens is 248 g/mol. The molecule has 0 saturated carbocycles. The van der Waals surface area contributed by atoms with E-state index in [9.17, 15) is 9.59 Å². The van der Waals surface area contributed by atoms with Crippen molar-refractivity contribution in [3.05, 3.63) is 0 Å². The second-order valence-corrected chi connectivity index (χ2v) is 5.74. The van der Waals surface area contributed by atoms with Gasteiger partial charge in [-0.15, -0.1) is 0 Å². The van der Waals surface area contributed by atoms with Crippen LogP contribution in [0.1, 0.15) is 26.7 Å². The van der Waals surface area contributed by atoms with Crippen LogP contribution in [0.15, 0.2) is 0 Å². The molecule has 0 spiro atoms. The number of morpholine rings is 1. The molecule has 3 unspecified atom stereocenters. The Hall–Kier alpha value is -1.30. The molecule has 2 rings (SSSR count). The Morgan fingerprint density at radius 2 is 1.89 bits per heavy atom. The molecule has 2 aliphatic heterocycles. The van der Waals surface area contributed by atoms with Crippen molar-refractivity contribution in [3.8, 4) is 0 Å². The topological polar surface area (TPSA) is 78.9 Å². The normalized spacial score (nSPS) is 27.4. The van der Waals surface area contributed by atoms with Gasteiger partial charge in [-0.25, -0.2) is 4.79 Å². The molecule has 0 aromatic heterocycles. The molecule has 0 radical (unpaired) electrons. The maximum atomic E-state index is 12.0. The summed E-state index contributed by atoms with van der Waals surface area (Å²) in [4.78, 5) is 24.8. The number of rotatable bonds is 4. The Bertz CT molecular complexity index is 347. The Balaban J connectivity index is 1.82. The average molecular weight is 270 g/mol. The van der Waals surface area contributed by atoms with Gasteiger partial charge in [0.05, 0.1) is 18.1 Å². The maximum absolute atomic E-state index is 12.0. The lowest BCUT2D eigenvalue weighted by Crippen LogP contribution is -2.51. The number of hydrogen-bond donors (Lipinski definition) is 2. The fraction of sp³-hybridized carbons (Fsp3) is 0.846. The summed E-state index contributed by atoms with van der Waals surface area (Å²) in [6.07, 6.45) is 2.34. The predicted molar refractivity (Wildman–Crippen MR) is 68.8 cm³/mol. The minimum absolute atomic E-state index is 0.00123. The van der Waals surface area contributed by atoms with Gasteiger partial charge in [-0.2, -0.15) is 0 Å². The van der Waals surface area contributed by atoms with Gasteiger partial charge >= 0.3 is 12.0 Å². The number of carbonyl (C=O) groups excluding carboxylic acids is 1. The summed E-state index contributed by atoms with van der Waals surface area (Å²) in [5.41, 5.74) is 0. The van der Waals surface area contributed by atoms with Crippen LogP contribution in [-0.4, -0.2) is 53.8 Å². The molecule has 2 fully saturated rings. The zero-order chi connectivity index (χ0) is 14.0. The molecule has 0 aliphatic carbocycles. The molecule has 2 saturated heterocycles. The number of amides is 2. The Kier molecular flexibility index (Phi) is 4.29. The van der Waals surface area contributed by atoms with E-state index in [1.807, 2.05) is 13.8 Å². The van der Waals surface area contributed by atoms with Gasteiger partial charge in [0, 0.05) is 19.6 Å². The van der Waals surface area contributed by atoms with E-state index >= 15 is 0 Å². The monoisotopic (exact) mass is 270 g/mol. The number of hydrogen-bond acceptors (Lipinski definition) is 3. The molecule has 2 bridgehead atoms. The number of nitrogens with zero attached hydrogens (tertiary/aromatic N) is 1. The van der Waals surface area contributed by atoms with Gasteiger partial charge in [0.1, 0.15) is 0 Å². The molecule has 2 N–H and O–H groups in total. The van der Waals surface area contributed by atoms with Crippen LogP contribution >= 0.6 is 0 Å². The van der Waals surface area contributed by atoms with Gasteiger partial charge in [-0.3, -0.25) is 4.79 Å². The van der Waals surface area contributed by atoms with E-state index in [0.717, 1.165) is 12.8 Å². The predicted octanol–water partition coefficient (Wildman–Crippen LogP) is 0.916. The number of carboxylic acids is 1. The highest BCUT2D eigenvalue weighted by Crippen LogP contribution is 2.26. The molecule has 6 nitrogen and oxygen atoms in total. The first kappa shape index (κ1) is 14.1. The molecule has 3 atom stereocenters. The number of fused-ring (bicyclic) bond motifs is 2. The average Bonchev–Trinajstić information content (AvgIpc) is 2.67. The van der Waals surface area contributed by atoms with E-state index < -0.39 is 11.9 Å². The van der Waals surface area contributed by atoms with Gasteiger partial charge in [-0.05, 0) is 18.8 Å². The molecule has 0 aromatic carbocycles. The summed E-state index contributed by atoms with van der Waals surface area (Å²) < 4.78 is 5.66. The van der Waals surface area contributed by atoms with Crippen molar-refractivity contribution in [2.45, 2.75) is 38.9 Å². The summed E-state index contributed by atoms with van der Waals surface area (Å²) in [7, 11) is 0. The standard InChI is InChI=1S/C13H22N2O4/c1-8(2)11(12(16)17)5-14-13(18)15-6-9-3-4-10(7-15)19-9/h8-11H,3-7H2,1-2H3,(H,14,18)(H,16,17). The van der Waals surface area contributed by atoms with E-state index in [-0.39, 0.29) is 30.7 Å². The Morgan fingerprint density at radius 1 is 1.32 bits per heavy atom. The second-order valence-electron chi connectivity index (χ2n) is 5.74. The third-order valence-corrected chi connectivity index (χ3v) is 3.93. The Morgan fingerprint density at radius 3 is 2.37 bits per heavy atom. The molecular formula is C13H22N2O4. The first-order valence-corrected chi connectivity index (χ1v) is 6.88. The molecule has 2 heterocycles. The fourth-order valence-electron chi connectivity index (χ4n) is 2.70. The van der Waals surface area contributed by atoms with Crippen LogP contribution in [0.25, 0.3) is 0 Å². The minimum atomic E-state index is -0.864. The van der Waals surface area contributed by atoms with E-state index in [1.54, 1.807) is 4.90 Å². The zero-order valence-corrected chi connectivity index (χ0v) is 11.5. The molecule has 2 amide bonds. The third kappa shape index (κ3) is 3.37. The summed E-state index contributed by atoms with van der Waals surface area (Å²) in [5, 5.41) is 11.8. The van der Waals surface area contributed by atoms with Crippen LogP contribution < -0.4 is 5.32 Å². The van der Waals surface area contributed by atoms with Gasteiger partial charge in [0.2, 0.25) is 0 Å². The highest BCUT2D eigenvalue weighted by molar-refractivity contribution is 5.76. The fourth-order valence-corrected chi connectivity index (χ4v) is 2.70. The SMILES string of the molecule is CC(C)C(CNC(=O)N1CC2CCC(C1)O2)C(=O)O. The van der Waals surface area contributed by atoms with Gasteiger partial charge < -0.3 is 20.1 Å². The Labute approximate surface area is 113 Å². The summed E-state index contributed by atoms with van der Waals surface area (Å²) in [6, 6.07) is -0.174. The lowest BCUT2D eigenvalue weighted by Gasteiger charge is -2.32. The summed E-state index contributed by atoms with van der Waals surface area (Å²) in [5.74, 6) is -1.40. The first-order chi connectivity index (χ1) is 8.97. The van der Waals surface area contributed by atoms with E-state index in [2.05, 4.69) is 5.32 Å². The number of carbonyl (C=O) groups is 2. The van der Waals surface area contributed by atoms with Crippen molar-refractivity contribution in [1.29, 1.82) is 0 Å². The lowest BCUT2D eigenvalue weighted by atomic mass is 9.96. The van der Waals surface area contributed by atoms with Crippen LogP contribution in [0.5, 0.6) is 0 Å². The molecule has 2 aliphatic rings. The van der Waals surface area contributed by atoms with Crippen molar-refractivity contribution in [2.24, 2.45) is 11.8 Å². The number of ether oxygens (including phenoxy) is 1. The van der Waals surface area contributed by atoms with Crippen molar-refractivity contribution in [1.82, 2.24) is 10.2 Å². The number of likely N-dealkylation sites (tertiary alicyclic amines) is 1. The van der Waals surface area contributed by atoms with Crippen LogP contribution in [-0.2, 0) is 9.53 Å². The van der Waals surface area contributed by atoms with E-state index in [0.29, 0.717) is 13.1 Å². The quantitative estimate of drug-likeness (QED) is 0.796. The van der Waals surface area contributed by atoms with E-state index in [1.165, 1.54) is 0 Å². The van der Waals surface area contributed by atoms with Gasteiger partial charge in [0.15, 0.2) is 0 Å². The largest absolute Gasteiger partial charge is 0.481 e. The highest BCUT2D eigenvalue weighted by atomic mass is 16.5. The van der Waals surface area contributed by atoms with Crippen molar-refractivity contribution >= 4 is 12.0 Å². The smallest absolute Gasteiger partial charge is 0.317 e. The van der Waals surface area contributed by atoms with Crippen LogP contribution in [0.3, 0.4) is 0 Å². The molecule has 0 aromatic rings. The first-order valence-electron chi connectivity index (χ1n) is 6.88. The third-order valence-electron chi connectivity index (χ3n) is 3.93. The van der Waals surface area contributed by atoms with Crippen molar-refractivity contribution in [2.75, 3.05) is 19.6 Å². The van der Waals surface area contributed by atoms with Gasteiger partial charge in [-0.1, -0.05) is 13.8 Å². The summed E-state index contributed by atoms with van der Waals surface area (Å²) >= 11 is 0. The molecule has 108 valence electrons. The van der Waals surface area contributed by atoms with Crippen molar-refractivity contribution in [3.63, 3.8) is 0 Å². The summed E-state index contributed by atoms with van der Waals surface area (Å²) in [6.45, 7) is 5.10. The maximum Gasteiger partial charge on any atom is 0.317 e. The molecule has 19 heavy (non-hydrogen) atoms. The number of carboxylic acid groups (broad SMARTS) is 1. The second kappa shape index (κ2) is 5.77.